The number of hydrogen-bond donors (Lipinski definition) is 0. The number of amides is 2. The summed E-state index contributed by atoms with van der Waals surface area (Å²) in [4.78, 5) is 38.7. The summed E-state index contributed by atoms with van der Waals surface area (Å²) in [5, 5.41) is 1.75. The molecule has 1 aliphatic rings. The number of methoxy groups -OCH3 is 1. The van der Waals surface area contributed by atoms with Gasteiger partial charge in [0, 0.05) is 0 Å². The Kier molecular flexibility index (Phi) is 7.18. The summed E-state index contributed by atoms with van der Waals surface area (Å²) in [6, 6.07) is 18.8. The second-order valence-electron chi connectivity index (χ2n) is 7.41. The molecule has 174 valence electrons. The standard InChI is InChI=1S/C26H23NO6S/c1-3-32-22-13-17(11-12-21(22)33-16-24(28)31-2)14-23-25(29)27(26(30)34-23)15-19-9-6-8-18-7-4-5-10-20(18)19/h4-14H,3,15-16H2,1-2H3/b23-14-. The van der Waals surface area contributed by atoms with Crippen LogP contribution in [0.1, 0.15) is 18.1 Å². The van der Waals surface area contributed by atoms with E-state index in [-0.39, 0.29) is 24.3 Å². The maximum absolute atomic E-state index is 13.1. The first-order valence-corrected chi connectivity index (χ1v) is 11.5. The van der Waals surface area contributed by atoms with Crippen LogP contribution in [-0.2, 0) is 20.9 Å². The monoisotopic (exact) mass is 477 g/mol. The predicted molar refractivity (Wildman–Crippen MR) is 131 cm³/mol. The van der Waals surface area contributed by atoms with Crippen molar-refractivity contribution in [1.29, 1.82) is 0 Å². The molecule has 1 aliphatic heterocycles. The first-order chi connectivity index (χ1) is 16.5. The van der Waals surface area contributed by atoms with Gasteiger partial charge in [-0.05, 0) is 58.8 Å². The number of imide groups is 1. The predicted octanol–water partition coefficient (Wildman–Crippen LogP) is 5.03. The fourth-order valence-electron chi connectivity index (χ4n) is 3.59. The SMILES string of the molecule is CCOc1cc(/C=C2\SC(=O)N(Cc3cccc4ccccc34)C2=O)ccc1OCC(=O)OC. The van der Waals surface area contributed by atoms with Crippen LogP contribution in [0.15, 0.2) is 65.6 Å². The first kappa shape index (κ1) is 23.4. The van der Waals surface area contributed by atoms with Gasteiger partial charge in [-0.3, -0.25) is 14.5 Å². The van der Waals surface area contributed by atoms with Crippen LogP contribution >= 0.6 is 11.8 Å². The number of ether oxygens (including phenoxy) is 3. The molecule has 0 bridgehead atoms. The third-order valence-electron chi connectivity index (χ3n) is 5.22. The van der Waals surface area contributed by atoms with Gasteiger partial charge >= 0.3 is 5.97 Å². The van der Waals surface area contributed by atoms with Crippen molar-refractivity contribution in [1.82, 2.24) is 4.90 Å². The van der Waals surface area contributed by atoms with E-state index in [9.17, 15) is 14.4 Å². The molecule has 0 spiro atoms. The molecule has 7 nitrogen and oxygen atoms in total. The summed E-state index contributed by atoms with van der Waals surface area (Å²) in [7, 11) is 1.28. The average Bonchev–Trinajstić information content (AvgIpc) is 3.11. The molecule has 3 aromatic carbocycles. The number of nitrogens with zero attached hydrogens (tertiary/aromatic N) is 1. The van der Waals surface area contributed by atoms with Crippen LogP contribution in [0.25, 0.3) is 16.8 Å². The Bertz CT molecular complexity index is 1280. The van der Waals surface area contributed by atoms with Crippen molar-refractivity contribution < 1.29 is 28.6 Å². The summed E-state index contributed by atoms with van der Waals surface area (Å²) in [5.74, 6) is -0.0399. The number of esters is 1. The normalized spacial score (nSPS) is 14.6. The lowest BCUT2D eigenvalue weighted by Gasteiger charge is -2.14. The molecular formula is C26H23NO6S. The summed E-state index contributed by atoms with van der Waals surface area (Å²) in [5.41, 5.74) is 1.58. The zero-order valence-corrected chi connectivity index (χ0v) is 19.6. The van der Waals surface area contributed by atoms with E-state index in [1.54, 1.807) is 24.3 Å². The number of hydrogen-bond acceptors (Lipinski definition) is 7. The van der Waals surface area contributed by atoms with Gasteiger partial charge in [0.25, 0.3) is 11.1 Å². The van der Waals surface area contributed by atoms with Crippen molar-refractivity contribution in [2.45, 2.75) is 13.5 Å². The molecule has 4 rings (SSSR count). The van der Waals surface area contributed by atoms with Crippen molar-refractivity contribution in [3.05, 3.63) is 76.7 Å². The van der Waals surface area contributed by atoms with Gasteiger partial charge in [-0.15, -0.1) is 0 Å². The summed E-state index contributed by atoms with van der Waals surface area (Å²) >= 11 is 0.907. The molecule has 2 amide bonds. The van der Waals surface area contributed by atoms with Crippen molar-refractivity contribution in [2.75, 3.05) is 20.3 Å². The van der Waals surface area contributed by atoms with Gasteiger partial charge in [0.15, 0.2) is 18.1 Å². The summed E-state index contributed by atoms with van der Waals surface area (Å²) in [6.45, 7) is 2.17. The highest BCUT2D eigenvalue weighted by Crippen LogP contribution is 2.36. The lowest BCUT2D eigenvalue weighted by atomic mass is 10.0. The fourth-order valence-corrected chi connectivity index (χ4v) is 4.42. The Morgan fingerprint density at radius 3 is 2.59 bits per heavy atom. The second-order valence-corrected chi connectivity index (χ2v) is 8.40. The van der Waals surface area contributed by atoms with Gasteiger partial charge in [-0.2, -0.15) is 0 Å². The highest BCUT2D eigenvalue weighted by Gasteiger charge is 2.35. The van der Waals surface area contributed by atoms with E-state index in [1.165, 1.54) is 12.0 Å². The molecule has 0 saturated carbocycles. The third kappa shape index (κ3) is 5.07. The van der Waals surface area contributed by atoms with Gasteiger partial charge in [-0.25, -0.2) is 4.79 Å². The van der Waals surface area contributed by atoms with Gasteiger partial charge in [0.1, 0.15) is 0 Å². The van der Waals surface area contributed by atoms with Gasteiger partial charge in [-0.1, -0.05) is 48.5 Å². The molecule has 0 aliphatic carbocycles. The van der Waals surface area contributed by atoms with E-state index in [0.29, 0.717) is 28.6 Å². The lowest BCUT2D eigenvalue weighted by Crippen LogP contribution is -2.27. The van der Waals surface area contributed by atoms with E-state index >= 15 is 0 Å². The van der Waals surface area contributed by atoms with E-state index in [0.717, 1.165) is 28.1 Å². The summed E-state index contributed by atoms with van der Waals surface area (Å²) in [6.07, 6.45) is 1.65. The molecule has 8 heteroatoms. The number of carbonyl (C=O) groups is 3. The zero-order chi connectivity index (χ0) is 24.1. The molecule has 1 heterocycles. The van der Waals surface area contributed by atoms with Crippen molar-refractivity contribution in [2.24, 2.45) is 0 Å². The van der Waals surface area contributed by atoms with Crippen LogP contribution in [0, 0.1) is 0 Å². The molecule has 0 N–H and O–H groups in total. The van der Waals surface area contributed by atoms with Crippen LogP contribution < -0.4 is 9.47 Å². The van der Waals surface area contributed by atoms with Crippen LogP contribution in [0.2, 0.25) is 0 Å². The Morgan fingerprint density at radius 1 is 1.00 bits per heavy atom. The van der Waals surface area contributed by atoms with Crippen LogP contribution in [0.4, 0.5) is 4.79 Å². The molecular weight excluding hydrogens is 454 g/mol. The Labute approximate surface area is 201 Å². The molecule has 1 fully saturated rings. The average molecular weight is 478 g/mol. The van der Waals surface area contributed by atoms with Crippen LogP contribution in [-0.4, -0.2) is 42.3 Å². The Balaban J connectivity index is 1.55. The van der Waals surface area contributed by atoms with Crippen molar-refractivity contribution in [3.8, 4) is 11.5 Å². The largest absolute Gasteiger partial charge is 0.490 e. The quantitative estimate of drug-likeness (QED) is 0.333. The molecule has 0 unspecified atom stereocenters. The second kappa shape index (κ2) is 10.4. The fraction of sp³-hybridized carbons (Fsp3) is 0.192. The highest BCUT2D eigenvalue weighted by atomic mass is 32.2. The zero-order valence-electron chi connectivity index (χ0n) is 18.8. The van der Waals surface area contributed by atoms with E-state index < -0.39 is 5.97 Å². The van der Waals surface area contributed by atoms with E-state index in [2.05, 4.69) is 4.74 Å². The first-order valence-electron chi connectivity index (χ1n) is 10.7. The molecule has 3 aromatic rings. The van der Waals surface area contributed by atoms with Crippen molar-refractivity contribution in [3.63, 3.8) is 0 Å². The third-order valence-corrected chi connectivity index (χ3v) is 6.13. The lowest BCUT2D eigenvalue weighted by molar-refractivity contribution is -0.142. The molecule has 0 atom stereocenters. The van der Waals surface area contributed by atoms with E-state index in [1.807, 2.05) is 49.4 Å². The molecule has 1 saturated heterocycles. The van der Waals surface area contributed by atoms with Crippen LogP contribution in [0.5, 0.6) is 11.5 Å². The van der Waals surface area contributed by atoms with Gasteiger partial charge in [0.2, 0.25) is 0 Å². The van der Waals surface area contributed by atoms with Gasteiger partial charge < -0.3 is 14.2 Å². The maximum atomic E-state index is 13.1. The number of thioether (sulfide) groups is 1. The smallest absolute Gasteiger partial charge is 0.343 e. The van der Waals surface area contributed by atoms with Crippen LogP contribution in [0.3, 0.4) is 0 Å². The minimum atomic E-state index is -0.508. The molecule has 34 heavy (non-hydrogen) atoms. The van der Waals surface area contributed by atoms with Gasteiger partial charge in [0.05, 0.1) is 25.2 Å². The topological polar surface area (TPSA) is 82.1 Å². The Morgan fingerprint density at radius 2 is 1.79 bits per heavy atom. The number of fused-ring (bicyclic) bond motifs is 1. The minimum Gasteiger partial charge on any atom is -0.490 e. The maximum Gasteiger partial charge on any atom is 0.343 e. The molecule has 0 aromatic heterocycles. The number of benzene rings is 3. The molecule has 0 radical (unpaired) electrons. The summed E-state index contributed by atoms with van der Waals surface area (Å²) < 4.78 is 15.7. The number of carbonyl (C=O) groups excluding carboxylic acids is 3. The number of rotatable bonds is 8. The van der Waals surface area contributed by atoms with E-state index in [4.69, 9.17) is 9.47 Å². The minimum absolute atomic E-state index is 0.202. The Hall–Kier alpha value is -3.78. The van der Waals surface area contributed by atoms with Crippen molar-refractivity contribution >= 4 is 45.7 Å². The highest BCUT2D eigenvalue weighted by molar-refractivity contribution is 8.18.